The molecule has 0 fully saturated rings. The van der Waals surface area contributed by atoms with Crippen LogP contribution in [-0.2, 0) is 6.54 Å². The minimum Gasteiger partial charge on any atom is -0.497 e. The predicted molar refractivity (Wildman–Crippen MR) is 127 cm³/mol. The molecule has 8 heteroatoms. The third-order valence-electron chi connectivity index (χ3n) is 6.19. The molecule has 1 aliphatic rings. The number of hydrogen-bond acceptors (Lipinski definition) is 7. The standard InChI is InChI=1S/C25H32N4O4/c1-6-28(7-2)11-8-12-29-16(3)13-21-23(25(29)30)22(19(15-26)24(27)33-21)18-14-17(31-4)9-10-20(18)32-5/h9-10,13-14,22H,6-8,11-12,27H2,1-5H3. The van der Waals surface area contributed by atoms with Gasteiger partial charge in [0.05, 0.1) is 25.7 Å². The van der Waals surface area contributed by atoms with Gasteiger partial charge in [0.1, 0.15) is 28.9 Å². The van der Waals surface area contributed by atoms with Crippen LogP contribution in [0.3, 0.4) is 0 Å². The van der Waals surface area contributed by atoms with Crippen LogP contribution in [0.15, 0.2) is 40.5 Å². The lowest BCUT2D eigenvalue weighted by atomic mass is 9.83. The number of rotatable bonds is 9. The van der Waals surface area contributed by atoms with Gasteiger partial charge in [0.15, 0.2) is 0 Å². The Bertz CT molecular complexity index is 1140. The largest absolute Gasteiger partial charge is 0.497 e. The van der Waals surface area contributed by atoms with E-state index < -0.39 is 5.92 Å². The fourth-order valence-corrected chi connectivity index (χ4v) is 4.33. The van der Waals surface area contributed by atoms with Gasteiger partial charge in [-0.1, -0.05) is 13.8 Å². The molecular weight excluding hydrogens is 420 g/mol. The van der Waals surface area contributed by atoms with E-state index in [4.69, 9.17) is 19.9 Å². The van der Waals surface area contributed by atoms with Crippen LogP contribution >= 0.6 is 0 Å². The molecule has 0 bridgehead atoms. The Morgan fingerprint density at radius 2 is 1.94 bits per heavy atom. The van der Waals surface area contributed by atoms with E-state index >= 15 is 0 Å². The zero-order chi connectivity index (χ0) is 24.1. The van der Waals surface area contributed by atoms with Crippen molar-refractivity contribution >= 4 is 0 Å². The van der Waals surface area contributed by atoms with Crippen LogP contribution in [0.25, 0.3) is 0 Å². The lowest BCUT2D eigenvalue weighted by Gasteiger charge is -2.28. The maximum Gasteiger partial charge on any atom is 0.258 e. The van der Waals surface area contributed by atoms with Gasteiger partial charge in [-0.3, -0.25) is 4.79 Å². The van der Waals surface area contributed by atoms with Gasteiger partial charge in [-0.05, 0) is 51.2 Å². The fraction of sp³-hybridized carbons (Fsp3) is 0.440. The van der Waals surface area contributed by atoms with Crippen LogP contribution in [0.5, 0.6) is 17.2 Å². The summed E-state index contributed by atoms with van der Waals surface area (Å²) in [6, 6.07) is 9.25. The molecule has 33 heavy (non-hydrogen) atoms. The van der Waals surface area contributed by atoms with Crippen molar-refractivity contribution in [3.8, 4) is 23.3 Å². The molecule has 2 aromatic rings. The van der Waals surface area contributed by atoms with E-state index in [1.807, 2.05) is 13.0 Å². The number of allylic oxidation sites excluding steroid dienone is 1. The lowest BCUT2D eigenvalue weighted by Crippen LogP contribution is -2.34. The Morgan fingerprint density at radius 3 is 2.55 bits per heavy atom. The number of hydrogen-bond donors (Lipinski definition) is 1. The third kappa shape index (κ3) is 4.69. The summed E-state index contributed by atoms with van der Waals surface area (Å²) in [5.74, 6) is 0.733. The van der Waals surface area contributed by atoms with Crippen molar-refractivity contribution in [2.24, 2.45) is 5.73 Å². The van der Waals surface area contributed by atoms with Crippen molar-refractivity contribution < 1.29 is 14.2 Å². The van der Waals surface area contributed by atoms with Gasteiger partial charge in [0, 0.05) is 23.9 Å². The minimum atomic E-state index is -0.731. The number of nitriles is 1. The normalized spacial score (nSPS) is 15.1. The van der Waals surface area contributed by atoms with E-state index in [1.54, 1.807) is 37.0 Å². The lowest BCUT2D eigenvalue weighted by molar-refractivity contribution is 0.292. The molecule has 1 aromatic heterocycles. The second kappa shape index (κ2) is 10.5. The highest BCUT2D eigenvalue weighted by atomic mass is 16.5. The Labute approximate surface area is 194 Å². The Morgan fingerprint density at radius 1 is 1.21 bits per heavy atom. The van der Waals surface area contributed by atoms with Crippen molar-refractivity contribution in [2.45, 2.75) is 39.7 Å². The van der Waals surface area contributed by atoms with Crippen LogP contribution in [0.2, 0.25) is 0 Å². The zero-order valence-electron chi connectivity index (χ0n) is 20.0. The predicted octanol–water partition coefficient (Wildman–Crippen LogP) is 3.12. The van der Waals surface area contributed by atoms with Crippen LogP contribution in [0.1, 0.15) is 43.0 Å². The highest BCUT2D eigenvalue weighted by Gasteiger charge is 2.36. The Balaban J connectivity index is 2.16. The average Bonchev–Trinajstić information content (AvgIpc) is 2.82. The molecule has 1 aromatic carbocycles. The third-order valence-corrected chi connectivity index (χ3v) is 6.19. The minimum absolute atomic E-state index is 0.0158. The van der Waals surface area contributed by atoms with E-state index in [9.17, 15) is 10.1 Å². The molecule has 2 N–H and O–H groups in total. The number of aryl methyl sites for hydroxylation is 1. The molecule has 0 amide bonds. The molecule has 176 valence electrons. The number of methoxy groups -OCH3 is 2. The van der Waals surface area contributed by atoms with Crippen LogP contribution in [-0.4, -0.2) is 43.3 Å². The van der Waals surface area contributed by atoms with Crippen molar-refractivity contribution in [3.05, 3.63) is 62.9 Å². The quantitative estimate of drug-likeness (QED) is 0.623. The molecule has 2 heterocycles. The number of ether oxygens (including phenoxy) is 3. The number of nitrogens with zero attached hydrogens (tertiary/aromatic N) is 3. The maximum absolute atomic E-state index is 13.8. The van der Waals surface area contributed by atoms with Crippen LogP contribution in [0, 0.1) is 18.3 Å². The van der Waals surface area contributed by atoms with Crippen molar-refractivity contribution in [2.75, 3.05) is 33.9 Å². The summed E-state index contributed by atoms with van der Waals surface area (Å²) in [5, 5.41) is 9.93. The first-order valence-corrected chi connectivity index (χ1v) is 11.2. The molecule has 0 radical (unpaired) electrons. The second-order valence-corrected chi connectivity index (χ2v) is 7.93. The second-order valence-electron chi connectivity index (χ2n) is 7.93. The number of nitrogens with two attached hydrogens (primary N) is 1. The monoisotopic (exact) mass is 452 g/mol. The summed E-state index contributed by atoms with van der Waals surface area (Å²) in [4.78, 5) is 16.1. The van der Waals surface area contributed by atoms with Crippen molar-refractivity contribution in [1.82, 2.24) is 9.47 Å². The molecule has 1 atom stereocenters. The molecule has 0 aliphatic carbocycles. The van der Waals surface area contributed by atoms with E-state index in [2.05, 4.69) is 24.8 Å². The molecule has 0 saturated heterocycles. The van der Waals surface area contributed by atoms with Crippen LogP contribution < -0.4 is 25.5 Å². The molecule has 0 saturated carbocycles. The SMILES string of the molecule is CCN(CC)CCCn1c(C)cc2c(c1=O)C(c1cc(OC)ccc1OC)C(C#N)=C(N)O2. The Hall–Kier alpha value is -3.44. The zero-order valence-corrected chi connectivity index (χ0v) is 20.0. The van der Waals surface area contributed by atoms with Gasteiger partial charge in [-0.2, -0.15) is 5.26 Å². The average molecular weight is 453 g/mol. The highest BCUT2D eigenvalue weighted by molar-refractivity contribution is 5.59. The van der Waals surface area contributed by atoms with Crippen molar-refractivity contribution in [1.29, 1.82) is 5.26 Å². The smallest absolute Gasteiger partial charge is 0.258 e. The fourth-order valence-electron chi connectivity index (χ4n) is 4.33. The van der Waals surface area contributed by atoms with Gasteiger partial charge in [-0.25, -0.2) is 0 Å². The highest BCUT2D eigenvalue weighted by Crippen LogP contribution is 2.44. The number of pyridine rings is 1. The van der Waals surface area contributed by atoms with Gasteiger partial charge in [0.25, 0.3) is 5.56 Å². The van der Waals surface area contributed by atoms with E-state index in [-0.39, 0.29) is 17.0 Å². The number of aromatic nitrogens is 1. The molecular formula is C25H32N4O4. The van der Waals surface area contributed by atoms with Crippen molar-refractivity contribution in [3.63, 3.8) is 0 Å². The van der Waals surface area contributed by atoms with Gasteiger partial charge in [0.2, 0.25) is 5.88 Å². The summed E-state index contributed by atoms with van der Waals surface area (Å²) < 4.78 is 18.5. The van der Waals surface area contributed by atoms with Gasteiger partial charge >= 0.3 is 0 Å². The van der Waals surface area contributed by atoms with E-state index in [0.29, 0.717) is 34.9 Å². The first-order valence-electron chi connectivity index (χ1n) is 11.2. The number of benzene rings is 1. The first kappa shape index (κ1) is 24.2. The maximum atomic E-state index is 13.8. The van der Waals surface area contributed by atoms with Gasteiger partial charge < -0.3 is 29.4 Å². The summed E-state index contributed by atoms with van der Waals surface area (Å²) in [5.41, 5.74) is 7.88. The summed E-state index contributed by atoms with van der Waals surface area (Å²) in [6.45, 7) is 9.54. The number of fused-ring (bicyclic) bond motifs is 1. The molecule has 8 nitrogen and oxygen atoms in total. The van der Waals surface area contributed by atoms with E-state index in [1.165, 1.54) is 0 Å². The molecule has 1 unspecified atom stereocenters. The van der Waals surface area contributed by atoms with Crippen LogP contribution in [0.4, 0.5) is 0 Å². The summed E-state index contributed by atoms with van der Waals surface area (Å²) in [7, 11) is 3.11. The topological polar surface area (TPSA) is 103 Å². The first-order chi connectivity index (χ1) is 15.9. The Kier molecular flexibility index (Phi) is 7.67. The molecule has 0 spiro atoms. The summed E-state index contributed by atoms with van der Waals surface area (Å²) in [6.07, 6.45) is 0.832. The molecule has 1 aliphatic heterocycles. The van der Waals surface area contributed by atoms with E-state index in [0.717, 1.165) is 31.7 Å². The molecule has 3 rings (SSSR count). The summed E-state index contributed by atoms with van der Waals surface area (Å²) >= 11 is 0. The van der Waals surface area contributed by atoms with Gasteiger partial charge in [-0.15, -0.1) is 0 Å².